The van der Waals surface area contributed by atoms with E-state index in [0.717, 1.165) is 12.8 Å². The van der Waals surface area contributed by atoms with Crippen LogP contribution < -0.4 is 0 Å². The quantitative estimate of drug-likeness (QED) is 0.549. The number of Topliss-reactive ketones (excluding diaryl/α,β-unsaturated/α-hetero) is 1. The van der Waals surface area contributed by atoms with Crippen LogP contribution in [0.15, 0.2) is 12.7 Å². The molecular formula is C26H40O6. The van der Waals surface area contributed by atoms with E-state index in [1.54, 1.807) is 6.08 Å². The summed E-state index contributed by atoms with van der Waals surface area (Å²) in [6.07, 6.45) is 2.91. The zero-order valence-corrected chi connectivity index (χ0v) is 21.2. The number of rotatable bonds is 1. The van der Waals surface area contributed by atoms with Gasteiger partial charge in [0.1, 0.15) is 11.7 Å². The number of fused-ring (bicyclic) bond motifs is 3. The van der Waals surface area contributed by atoms with Gasteiger partial charge in [-0.1, -0.05) is 26.8 Å². The summed E-state index contributed by atoms with van der Waals surface area (Å²) in [5.74, 6) is -1.69. The summed E-state index contributed by atoms with van der Waals surface area (Å²) < 4.78 is 33.6. The topological polar surface area (TPSA) is 63.2 Å². The van der Waals surface area contributed by atoms with E-state index in [4.69, 9.17) is 23.7 Å². The Labute approximate surface area is 192 Å². The summed E-state index contributed by atoms with van der Waals surface area (Å²) in [5.41, 5.74) is -3.88. The molecule has 0 N–H and O–H groups in total. The predicted octanol–water partition coefficient (Wildman–Crippen LogP) is 4.55. The molecule has 5 aliphatic rings. The van der Waals surface area contributed by atoms with Crippen LogP contribution in [0.1, 0.15) is 81.6 Å². The lowest BCUT2D eigenvalue weighted by molar-refractivity contribution is -0.457. The van der Waals surface area contributed by atoms with Crippen molar-refractivity contribution in [2.45, 2.75) is 128 Å². The normalized spacial score (nSPS) is 54.8. The maximum atomic E-state index is 14.4. The molecule has 180 valence electrons. The molecule has 8 atom stereocenters. The van der Waals surface area contributed by atoms with Gasteiger partial charge in [0.25, 0.3) is 0 Å². The minimum absolute atomic E-state index is 0.00895. The van der Waals surface area contributed by atoms with Gasteiger partial charge in [-0.15, -0.1) is 6.58 Å². The number of carbonyl (C=O) groups is 1. The van der Waals surface area contributed by atoms with Gasteiger partial charge in [-0.05, 0) is 59.8 Å². The molecule has 3 aliphatic heterocycles. The zero-order chi connectivity index (χ0) is 23.8. The monoisotopic (exact) mass is 448 g/mol. The average Bonchev–Trinajstić information content (AvgIpc) is 2.95. The van der Waals surface area contributed by atoms with Gasteiger partial charge < -0.3 is 23.7 Å². The summed E-state index contributed by atoms with van der Waals surface area (Å²) in [4.78, 5) is 14.4. The Kier molecular flexibility index (Phi) is 4.35. The van der Waals surface area contributed by atoms with E-state index in [1.165, 1.54) is 0 Å². The average molecular weight is 449 g/mol. The number of ketones is 1. The van der Waals surface area contributed by atoms with E-state index in [2.05, 4.69) is 27.4 Å². The second-order valence-corrected chi connectivity index (χ2v) is 12.9. The third-order valence-corrected chi connectivity index (χ3v) is 9.27. The molecule has 3 heterocycles. The van der Waals surface area contributed by atoms with Crippen molar-refractivity contribution in [2.75, 3.05) is 0 Å². The van der Waals surface area contributed by atoms with Gasteiger partial charge in [0.05, 0.1) is 17.8 Å². The van der Waals surface area contributed by atoms with Crippen molar-refractivity contribution < 1.29 is 28.5 Å². The molecule has 5 rings (SSSR count). The van der Waals surface area contributed by atoms with Gasteiger partial charge in [-0.2, -0.15) is 0 Å². The molecule has 32 heavy (non-hydrogen) atoms. The van der Waals surface area contributed by atoms with Crippen molar-refractivity contribution in [3.63, 3.8) is 0 Å². The summed E-state index contributed by atoms with van der Waals surface area (Å²) in [7, 11) is 0. The Morgan fingerprint density at radius 3 is 2.19 bits per heavy atom. The van der Waals surface area contributed by atoms with Gasteiger partial charge in [0, 0.05) is 17.8 Å². The third kappa shape index (κ3) is 2.51. The van der Waals surface area contributed by atoms with Crippen molar-refractivity contribution in [1.82, 2.24) is 0 Å². The molecule has 0 radical (unpaired) electrons. The lowest BCUT2D eigenvalue weighted by Gasteiger charge is -2.75. The molecule has 3 saturated heterocycles. The SMILES string of the molecule is C=C[C@@]1(C)CC(=O)[C@@]23OC(C)(C)O[C@H]4CCC(C)(C)C([C@@H]5OC(C)(C)O[C@@H]5[C@@]2(C)O1)[C@]43C. The lowest BCUT2D eigenvalue weighted by atomic mass is 9.39. The summed E-state index contributed by atoms with van der Waals surface area (Å²) in [6, 6.07) is 0. The molecular weight excluding hydrogens is 408 g/mol. The molecule has 0 aromatic carbocycles. The fourth-order valence-electron chi connectivity index (χ4n) is 8.37. The van der Waals surface area contributed by atoms with Crippen LogP contribution in [0.4, 0.5) is 0 Å². The summed E-state index contributed by atoms with van der Waals surface area (Å²) >= 11 is 0. The maximum Gasteiger partial charge on any atom is 0.171 e. The molecule has 1 unspecified atom stereocenters. The Morgan fingerprint density at radius 2 is 1.56 bits per heavy atom. The van der Waals surface area contributed by atoms with Gasteiger partial charge in [-0.3, -0.25) is 4.79 Å². The first-order valence-electron chi connectivity index (χ1n) is 12.1. The van der Waals surface area contributed by atoms with Crippen LogP contribution in [0, 0.1) is 16.7 Å². The fourth-order valence-corrected chi connectivity index (χ4v) is 8.37. The second-order valence-electron chi connectivity index (χ2n) is 12.9. The highest BCUT2D eigenvalue weighted by Gasteiger charge is 2.86. The van der Waals surface area contributed by atoms with E-state index in [9.17, 15) is 4.79 Å². The van der Waals surface area contributed by atoms with Crippen molar-refractivity contribution >= 4 is 5.78 Å². The smallest absolute Gasteiger partial charge is 0.171 e. The maximum absolute atomic E-state index is 14.4. The van der Waals surface area contributed by atoms with Gasteiger partial charge in [0.2, 0.25) is 0 Å². The van der Waals surface area contributed by atoms with Crippen molar-refractivity contribution in [3.05, 3.63) is 12.7 Å². The molecule has 0 aromatic rings. The Balaban J connectivity index is 1.84. The van der Waals surface area contributed by atoms with Crippen LogP contribution in [0.2, 0.25) is 0 Å². The molecule has 0 aromatic heterocycles. The van der Waals surface area contributed by atoms with E-state index in [-0.39, 0.29) is 35.7 Å². The van der Waals surface area contributed by atoms with E-state index < -0.39 is 39.9 Å². The van der Waals surface area contributed by atoms with E-state index >= 15 is 0 Å². The molecule has 2 aliphatic carbocycles. The largest absolute Gasteiger partial charge is 0.358 e. The number of hydrogen-bond acceptors (Lipinski definition) is 6. The van der Waals surface area contributed by atoms with Gasteiger partial charge >= 0.3 is 0 Å². The first-order valence-corrected chi connectivity index (χ1v) is 12.1. The van der Waals surface area contributed by atoms with Gasteiger partial charge in [-0.25, -0.2) is 0 Å². The highest BCUT2D eigenvalue weighted by Crippen LogP contribution is 2.72. The summed E-state index contributed by atoms with van der Waals surface area (Å²) in [6.45, 7) is 22.4. The third-order valence-electron chi connectivity index (χ3n) is 9.27. The zero-order valence-electron chi connectivity index (χ0n) is 21.2. The van der Waals surface area contributed by atoms with Crippen LogP contribution in [0.25, 0.3) is 0 Å². The molecule has 0 amide bonds. The van der Waals surface area contributed by atoms with Crippen molar-refractivity contribution in [1.29, 1.82) is 0 Å². The molecule has 6 heteroatoms. The Bertz CT molecular complexity index is 878. The molecule has 2 saturated carbocycles. The second kappa shape index (κ2) is 6.06. The lowest BCUT2D eigenvalue weighted by Crippen LogP contribution is -2.89. The van der Waals surface area contributed by atoms with Crippen LogP contribution in [0.3, 0.4) is 0 Å². The Hall–Kier alpha value is -0.790. The van der Waals surface area contributed by atoms with Crippen LogP contribution >= 0.6 is 0 Å². The van der Waals surface area contributed by atoms with Crippen LogP contribution in [-0.4, -0.2) is 52.5 Å². The molecule has 1 spiro atoms. The van der Waals surface area contributed by atoms with E-state index in [0.29, 0.717) is 0 Å². The van der Waals surface area contributed by atoms with Crippen molar-refractivity contribution in [2.24, 2.45) is 16.7 Å². The first kappa shape index (κ1) is 23.0. The Morgan fingerprint density at radius 1 is 0.906 bits per heavy atom. The van der Waals surface area contributed by atoms with Crippen LogP contribution in [0.5, 0.6) is 0 Å². The molecule has 0 bridgehead atoms. The standard InChI is InChI=1S/C26H40O6/c1-11-23(8)14-15(27)26-24(9)16(28-22(6,7)31-26)12-13-20(2,3)18(24)17-19(25(26,10)32-23)30-21(4,5)29-17/h11,16-19H,1,12-14H2,2-10H3/t16-,17-,18?,19-,23-,24-,25+,26-/m0/s1. The van der Waals surface area contributed by atoms with Crippen LogP contribution in [-0.2, 0) is 28.5 Å². The minimum Gasteiger partial charge on any atom is -0.358 e. The molecule has 6 nitrogen and oxygen atoms in total. The number of carbonyl (C=O) groups excluding carboxylic acids is 1. The fraction of sp³-hybridized carbons (Fsp3) is 0.885. The predicted molar refractivity (Wildman–Crippen MR) is 119 cm³/mol. The van der Waals surface area contributed by atoms with Crippen molar-refractivity contribution in [3.8, 4) is 0 Å². The van der Waals surface area contributed by atoms with E-state index in [1.807, 2.05) is 41.5 Å². The first-order chi connectivity index (χ1) is 14.5. The number of ether oxygens (including phenoxy) is 5. The highest BCUT2D eigenvalue weighted by atomic mass is 16.8. The van der Waals surface area contributed by atoms with Gasteiger partial charge in [0.15, 0.2) is 23.0 Å². The highest BCUT2D eigenvalue weighted by molar-refractivity contribution is 5.93. The summed E-state index contributed by atoms with van der Waals surface area (Å²) in [5, 5.41) is 0. The molecule has 5 fully saturated rings. The number of hydrogen-bond donors (Lipinski definition) is 0. The minimum atomic E-state index is -1.23.